The van der Waals surface area contributed by atoms with Crippen LogP contribution in [0.3, 0.4) is 0 Å². The van der Waals surface area contributed by atoms with E-state index in [1.165, 1.54) is 30.6 Å². The highest BCUT2D eigenvalue weighted by Crippen LogP contribution is 2.57. The van der Waals surface area contributed by atoms with Crippen LogP contribution >= 0.6 is 39.1 Å². The molecule has 0 bridgehead atoms. The number of hydrogen-bond acceptors (Lipinski definition) is 3. The molecule has 38 heavy (non-hydrogen) atoms. The van der Waals surface area contributed by atoms with E-state index in [1.807, 2.05) is 6.07 Å². The summed E-state index contributed by atoms with van der Waals surface area (Å²) in [5, 5.41) is 14.7. The maximum Gasteiger partial charge on any atom is 0.436 e. The minimum absolute atomic E-state index is 0.0291. The molecule has 1 saturated carbocycles. The van der Waals surface area contributed by atoms with E-state index in [4.69, 9.17) is 23.2 Å². The van der Waals surface area contributed by atoms with Gasteiger partial charge in [0, 0.05) is 18.8 Å². The molecule has 3 aromatic rings. The van der Waals surface area contributed by atoms with Crippen molar-refractivity contribution >= 4 is 45.0 Å². The number of nitrogens with one attached hydrogen (secondary N) is 1. The smallest absolute Gasteiger partial charge is 0.334 e. The van der Waals surface area contributed by atoms with Crippen LogP contribution in [0, 0.1) is 11.3 Å². The quantitative estimate of drug-likeness (QED) is 0.303. The molecule has 1 amide bonds. The molecule has 2 aromatic heterocycles. The molecular formula is C22H13BrCl2F7N5O. The Morgan fingerprint density at radius 1 is 1.13 bits per heavy atom. The first-order valence-electron chi connectivity index (χ1n) is 10.4. The van der Waals surface area contributed by atoms with Crippen molar-refractivity contribution in [3.63, 3.8) is 0 Å². The third-order valence-electron chi connectivity index (χ3n) is 6.02. The van der Waals surface area contributed by atoms with Crippen LogP contribution in [0.5, 0.6) is 0 Å². The monoisotopic (exact) mass is 645 g/mol. The fourth-order valence-corrected chi connectivity index (χ4v) is 5.27. The van der Waals surface area contributed by atoms with E-state index in [2.05, 4.69) is 26.3 Å². The third-order valence-corrected chi connectivity index (χ3v) is 7.54. The molecule has 2 heterocycles. The Morgan fingerprint density at radius 3 is 2.26 bits per heavy atom. The standard InChI is InChI=1S/C22H13BrCl2F7N5O/c1-36-16(25)14(20(26,21(27,28)29)22(30,31)32)15(23)18(36)37-8-11(7-34-37)10-2-3-13(24)12(6-10)17(38)35-19(9-33)4-5-19/h2-3,6-8H,4-5H2,1H3,(H,35,38). The second-order valence-corrected chi connectivity index (χ2v) is 10.1. The Kier molecular flexibility index (Phi) is 6.82. The molecule has 1 aliphatic rings. The average Bonchev–Trinajstić information content (AvgIpc) is 3.35. The second kappa shape index (κ2) is 9.17. The van der Waals surface area contributed by atoms with Crippen LogP contribution in [0.2, 0.25) is 10.2 Å². The number of carbonyl (C=O) groups is 1. The number of alkyl halides is 7. The molecule has 0 spiro atoms. The lowest BCUT2D eigenvalue weighted by Crippen LogP contribution is -2.50. The number of rotatable bonds is 5. The maximum absolute atomic E-state index is 14.9. The molecule has 0 atom stereocenters. The molecule has 1 aromatic carbocycles. The average molecular weight is 647 g/mol. The Morgan fingerprint density at radius 2 is 1.74 bits per heavy atom. The van der Waals surface area contributed by atoms with Crippen molar-refractivity contribution in [1.29, 1.82) is 5.26 Å². The molecule has 16 heteroatoms. The van der Waals surface area contributed by atoms with E-state index in [-0.39, 0.29) is 16.1 Å². The summed E-state index contributed by atoms with van der Waals surface area (Å²) in [7, 11) is 1.04. The number of halogens is 10. The van der Waals surface area contributed by atoms with Crippen molar-refractivity contribution in [1.82, 2.24) is 19.7 Å². The molecule has 1 fully saturated rings. The maximum atomic E-state index is 14.9. The van der Waals surface area contributed by atoms with E-state index in [0.29, 0.717) is 23.0 Å². The van der Waals surface area contributed by atoms with Crippen molar-refractivity contribution < 1.29 is 35.5 Å². The van der Waals surface area contributed by atoms with Gasteiger partial charge in [0.05, 0.1) is 32.9 Å². The van der Waals surface area contributed by atoms with Crippen molar-refractivity contribution in [3.8, 4) is 23.0 Å². The Balaban J connectivity index is 1.76. The summed E-state index contributed by atoms with van der Waals surface area (Å²) in [6, 6.07) is 6.28. The van der Waals surface area contributed by atoms with Gasteiger partial charge in [-0.25, -0.2) is 9.07 Å². The predicted molar refractivity (Wildman–Crippen MR) is 126 cm³/mol. The summed E-state index contributed by atoms with van der Waals surface area (Å²) in [6.45, 7) is 0. The highest BCUT2D eigenvalue weighted by atomic mass is 79.9. The Hall–Kier alpha value is -2.76. The number of amides is 1. The van der Waals surface area contributed by atoms with Gasteiger partial charge >= 0.3 is 18.0 Å². The topological polar surface area (TPSA) is 75.6 Å². The van der Waals surface area contributed by atoms with E-state index in [0.717, 1.165) is 11.7 Å². The van der Waals surface area contributed by atoms with Crippen molar-refractivity contribution in [2.45, 2.75) is 36.4 Å². The van der Waals surface area contributed by atoms with Crippen molar-refractivity contribution in [2.24, 2.45) is 7.05 Å². The lowest BCUT2D eigenvalue weighted by Gasteiger charge is -2.30. The second-order valence-electron chi connectivity index (χ2n) is 8.53. The van der Waals surface area contributed by atoms with Gasteiger partial charge in [0.15, 0.2) is 0 Å². The summed E-state index contributed by atoms with van der Waals surface area (Å²) in [5.74, 6) is -1.04. The van der Waals surface area contributed by atoms with Crippen molar-refractivity contribution in [2.75, 3.05) is 0 Å². The largest absolute Gasteiger partial charge is 0.436 e. The fraction of sp³-hybridized carbons (Fsp3) is 0.318. The minimum atomic E-state index is -6.38. The van der Waals surface area contributed by atoms with Gasteiger partial charge in [0.2, 0.25) is 0 Å². The zero-order valence-corrected chi connectivity index (χ0v) is 21.9. The Bertz CT molecular complexity index is 1470. The van der Waals surface area contributed by atoms with Gasteiger partial charge in [-0.1, -0.05) is 29.3 Å². The number of aromatic nitrogens is 3. The normalized spacial score (nSPS) is 15.3. The zero-order valence-electron chi connectivity index (χ0n) is 18.8. The molecule has 0 radical (unpaired) electrons. The number of nitrogens with zero attached hydrogens (tertiary/aromatic N) is 4. The number of nitriles is 1. The highest BCUT2D eigenvalue weighted by Gasteiger charge is 2.75. The number of benzene rings is 1. The van der Waals surface area contributed by atoms with Gasteiger partial charge in [-0.15, -0.1) is 0 Å². The first-order valence-corrected chi connectivity index (χ1v) is 12.0. The van der Waals surface area contributed by atoms with Gasteiger partial charge in [0.1, 0.15) is 16.5 Å². The van der Waals surface area contributed by atoms with Crippen LogP contribution in [0.15, 0.2) is 35.1 Å². The van der Waals surface area contributed by atoms with Gasteiger partial charge < -0.3 is 9.88 Å². The minimum Gasteiger partial charge on any atom is -0.334 e. The van der Waals surface area contributed by atoms with Gasteiger partial charge in [0.25, 0.3) is 5.91 Å². The Labute approximate surface area is 228 Å². The highest BCUT2D eigenvalue weighted by molar-refractivity contribution is 9.10. The van der Waals surface area contributed by atoms with Gasteiger partial charge in [-0.05, 0) is 46.5 Å². The van der Waals surface area contributed by atoms with Crippen LogP contribution in [0.4, 0.5) is 30.7 Å². The van der Waals surface area contributed by atoms with Crippen LogP contribution in [-0.2, 0) is 12.7 Å². The molecule has 0 aliphatic heterocycles. The molecule has 1 N–H and O–H groups in total. The molecule has 1 aliphatic carbocycles. The summed E-state index contributed by atoms with van der Waals surface area (Å²) in [5.41, 5.74) is -7.94. The first kappa shape index (κ1) is 28.3. The van der Waals surface area contributed by atoms with Crippen LogP contribution in [-0.4, -0.2) is 38.1 Å². The number of carbonyl (C=O) groups excluding carboxylic acids is 1. The van der Waals surface area contributed by atoms with Gasteiger partial charge in [-0.3, -0.25) is 4.79 Å². The molecule has 4 rings (SSSR count). The molecule has 6 nitrogen and oxygen atoms in total. The van der Waals surface area contributed by atoms with Crippen LogP contribution in [0.1, 0.15) is 28.8 Å². The SMILES string of the molecule is Cn1c(Cl)c(C(F)(C(F)(F)F)C(F)(F)F)c(Br)c1-n1cc(-c2ccc(Cl)c(C(=O)NC3(C#N)CC3)c2)cn1. The lowest BCUT2D eigenvalue weighted by molar-refractivity contribution is -0.348. The molecule has 202 valence electrons. The predicted octanol–water partition coefficient (Wildman–Crippen LogP) is 7.02. The van der Waals surface area contributed by atoms with Gasteiger partial charge in [-0.2, -0.15) is 36.7 Å². The lowest BCUT2D eigenvalue weighted by atomic mass is 9.97. The van der Waals surface area contributed by atoms with E-state index >= 15 is 0 Å². The zero-order chi connectivity index (χ0) is 28.4. The number of hydrogen-bond donors (Lipinski definition) is 1. The third kappa shape index (κ3) is 4.44. The van der Waals surface area contributed by atoms with Crippen LogP contribution in [0.25, 0.3) is 16.9 Å². The summed E-state index contributed by atoms with van der Waals surface area (Å²) >= 11 is 14.6. The fourth-order valence-electron chi connectivity index (χ4n) is 3.74. The molecular weight excluding hydrogens is 634 g/mol. The van der Waals surface area contributed by atoms with E-state index in [9.17, 15) is 40.8 Å². The van der Waals surface area contributed by atoms with E-state index in [1.54, 1.807) is 0 Å². The van der Waals surface area contributed by atoms with Crippen molar-refractivity contribution in [3.05, 3.63) is 56.4 Å². The first-order chi connectivity index (χ1) is 17.5. The molecule has 0 saturated heterocycles. The van der Waals surface area contributed by atoms with E-state index < -0.39 is 50.5 Å². The summed E-state index contributed by atoms with van der Waals surface area (Å²) in [4.78, 5) is 12.7. The summed E-state index contributed by atoms with van der Waals surface area (Å²) in [6.07, 6.45) is -9.35. The molecule has 0 unspecified atom stereocenters. The van der Waals surface area contributed by atoms with Crippen LogP contribution < -0.4 is 5.32 Å². The summed E-state index contributed by atoms with van der Waals surface area (Å²) < 4.78 is 96.0.